The fraction of sp³-hybridized carbons (Fsp3) is 0.444. The van der Waals surface area contributed by atoms with Crippen molar-refractivity contribution >= 4 is 124 Å². The number of aliphatic hydroxyl groups excluding tert-OH is 2. The second kappa shape index (κ2) is 39.9. The number of hydrogen-bond donors (Lipinski definition) is 13. The summed E-state index contributed by atoms with van der Waals surface area (Å²) >= 11 is 1.63. The molecule has 32 nitrogen and oxygen atoms in total. The molecule has 0 bridgehead atoms. The molecule has 16 aliphatic rings. The van der Waals surface area contributed by atoms with Crippen LogP contribution in [0.25, 0.3) is 53.9 Å². The quantitative estimate of drug-likeness (QED) is 0.0572. The third-order valence-corrected chi connectivity index (χ3v) is 33.1. The molecule has 143 heavy (non-hydrogen) atoms. The Morgan fingerprint density at radius 1 is 0.378 bits per heavy atom. The predicted molar refractivity (Wildman–Crippen MR) is 528 cm³/mol. The summed E-state index contributed by atoms with van der Waals surface area (Å²) in [7, 11) is 1.54. The zero-order valence-corrected chi connectivity index (χ0v) is 80.3. The topological polar surface area (TPSA) is 412 Å². The van der Waals surface area contributed by atoms with Gasteiger partial charge in [-0.3, -0.25) is 47.9 Å². The summed E-state index contributed by atoms with van der Waals surface area (Å²) in [5.74, 6) is -2.52. The van der Waals surface area contributed by atoms with Gasteiger partial charge in [0.1, 0.15) is 36.6 Å². The fourth-order valence-corrected chi connectivity index (χ4v) is 26.7. The molecule has 746 valence electrons. The molecular formula is C108H118F2N16O16S. The van der Waals surface area contributed by atoms with E-state index < -0.39 is 61.8 Å². The number of nitrogens with zero attached hydrogens (tertiary/aromatic N) is 5. The lowest BCUT2D eigenvalue weighted by molar-refractivity contribution is -0.149. The Morgan fingerprint density at radius 2 is 0.699 bits per heavy atom. The smallest absolute Gasteiger partial charge is 0.315 e. The number of halogens is 2. The van der Waals surface area contributed by atoms with Gasteiger partial charge in [-0.05, 0) is 129 Å². The maximum Gasteiger partial charge on any atom is 0.315 e. The van der Waals surface area contributed by atoms with Gasteiger partial charge in [0.25, 0.3) is 35.4 Å². The first-order valence-electron chi connectivity index (χ1n) is 50.7. The van der Waals surface area contributed by atoms with Gasteiger partial charge in [-0.25, -0.2) is 0 Å². The van der Waals surface area contributed by atoms with Crippen LogP contribution < -0.4 is 53.2 Å². The Hall–Kier alpha value is -13.6. The number of para-hydroxylation sites is 4. The van der Waals surface area contributed by atoms with Crippen LogP contribution in [-0.2, 0) is 52.7 Å². The molecule has 6 aliphatic carbocycles. The van der Waals surface area contributed by atoms with Crippen LogP contribution in [-0.4, -0.2) is 225 Å². The molecule has 10 aliphatic heterocycles. The fourth-order valence-electron chi connectivity index (χ4n) is 25.8. The minimum Gasteiger partial charge on any atom is -0.464 e. The Kier molecular flexibility index (Phi) is 26.3. The maximum atomic E-state index is 13.7. The van der Waals surface area contributed by atoms with E-state index in [4.69, 9.17) is 18.0 Å². The second-order valence-corrected chi connectivity index (χ2v) is 41.1. The number of nitrogens with one attached hydrogen (secondary N) is 11. The number of hydrogen-bond acceptors (Lipinski definition) is 22. The zero-order valence-electron chi connectivity index (χ0n) is 79.5. The van der Waals surface area contributed by atoms with E-state index in [-0.39, 0.29) is 120 Å². The minimum absolute atomic E-state index is 0.00462. The number of ether oxygens (including phenoxy) is 1. The number of aromatic amines is 1. The van der Waals surface area contributed by atoms with Crippen molar-refractivity contribution in [1.29, 1.82) is 0 Å². The summed E-state index contributed by atoms with van der Waals surface area (Å²) in [6, 6.07) is 36.1. The molecule has 5 aromatic carbocycles. The molecule has 5 aromatic heterocycles. The van der Waals surface area contributed by atoms with Crippen molar-refractivity contribution in [3.05, 3.63) is 236 Å². The van der Waals surface area contributed by atoms with Crippen molar-refractivity contribution in [3.8, 4) is 0 Å². The summed E-state index contributed by atoms with van der Waals surface area (Å²) in [5.41, 5.74) is 14.2. The number of aromatic nitrogens is 1. The monoisotopic (exact) mass is 1960 g/mol. The molecule has 10 aromatic rings. The van der Waals surface area contributed by atoms with Gasteiger partial charge in [-0.2, -0.15) is 8.78 Å². The molecule has 0 spiro atoms. The Labute approximate surface area is 827 Å². The lowest BCUT2D eigenvalue weighted by atomic mass is 9.86. The van der Waals surface area contributed by atoms with Crippen molar-refractivity contribution in [1.82, 2.24) is 82.7 Å². The molecule has 35 heteroatoms. The predicted octanol–water partition coefficient (Wildman–Crippen LogP) is 11.5. The first kappa shape index (κ1) is 94.3. The Morgan fingerprint density at radius 3 is 1.08 bits per heavy atom. The molecular weight excluding hydrogens is 1850 g/mol. The van der Waals surface area contributed by atoms with Crippen LogP contribution in [0.1, 0.15) is 199 Å². The number of furan rings is 3. The number of fused-ring (bicyclic) bond motifs is 10. The van der Waals surface area contributed by atoms with Crippen molar-refractivity contribution in [2.45, 2.75) is 238 Å². The zero-order chi connectivity index (χ0) is 98.1. The number of benzene rings is 5. The van der Waals surface area contributed by atoms with Gasteiger partial charge in [0, 0.05) is 121 Å². The Balaban J connectivity index is 0.000000102. The summed E-state index contributed by atoms with van der Waals surface area (Å²) in [6.45, 7) is 1.07. The lowest BCUT2D eigenvalue weighted by Crippen LogP contribution is -2.55. The number of methoxy groups -OCH3 is 1. The number of alkyl halides is 2. The SMILES string of the molecule is COCC(=O)N1[C@@H]2CCCC[C@H]2NC2=C(C(=O)NC2)[C@H]1c1cccc2cc[nH]c12.O=C1NCC2=C1[C@@H](c1cccc3ccoc13)N(C(=O)C(F)F)[C@@H]1CCCC[C@H]1N2.O=C1NCC2=C1[C@@H](c1cccc3ccoc13)N(C(=O)C1CC1)[C@@H]1CCCC[C@H]1N2.O=C1NCC2=C1[C@@H](c1cccc3ccoc13)N(C(=O)CO)[C@@H]1CCCC[C@H]1N2.O=C1NCC2=C1[C@@H](c1cccc3ccsc13)N(C(=O)CO)[C@@H]1CCCC[C@H]1N2. The van der Waals surface area contributed by atoms with Crippen LogP contribution in [0.3, 0.4) is 0 Å². The van der Waals surface area contributed by atoms with Crippen LogP contribution in [0.15, 0.2) is 221 Å². The van der Waals surface area contributed by atoms with Crippen LogP contribution in [0.4, 0.5) is 8.78 Å². The number of H-pyrrole nitrogens is 1. The van der Waals surface area contributed by atoms with Crippen molar-refractivity contribution < 1.29 is 84.9 Å². The molecule has 0 radical (unpaired) electrons. The van der Waals surface area contributed by atoms with Crippen molar-refractivity contribution in [3.63, 3.8) is 0 Å². The number of aliphatic hydroxyl groups is 2. The summed E-state index contributed by atoms with van der Waals surface area (Å²) in [5, 5.41) is 58.9. The summed E-state index contributed by atoms with van der Waals surface area (Å²) in [6.07, 6.45) is 24.9. The van der Waals surface area contributed by atoms with Crippen LogP contribution >= 0.6 is 11.3 Å². The molecule has 0 unspecified atom stereocenters. The highest BCUT2D eigenvalue weighted by Crippen LogP contribution is 2.52. The van der Waals surface area contributed by atoms with E-state index in [1.165, 1.54) is 11.2 Å². The normalized spacial score (nSPS) is 27.4. The van der Waals surface area contributed by atoms with E-state index >= 15 is 0 Å². The largest absolute Gasteiger partial charge is 0.464 e. The average molecular weight is 1970 g/mol. The number of rotatable bonds is 11. The van der Waals surface area contributed by atoms with Gasteiger partial charge < -0.3 is 111 Å². The van der Waals surface area contributed by atoms with Crippen LogP contribution in [0.2, 0.25) is 0 Å². The molecule has 10 amide bonds. The van der Waals surface area contributed by atoms with E-state index in [0.717, 1.165) is 223 Å². The van der Waals surface area contributed by atoms with Gasteiger partial charge in [0.2, 0.25) is 23.6 Å². The van der Waals surface area contributed by atoms with Crippen LogP contribution in [0, 0.1) is 5.92 Å². The third-order valence-electron chi connectivity index (χ3n) is 32.1. The van der Waals surface area contributed by atoms with Gasteiger partial charge >= 0.3 is 6.43 Å². The number of carbonyl (C=O) groups excluding carboxylic acids is 10. The molecule has 13 N–H and O–H groups in total. The van der Waals surface area contributed by atoms with E-state index in [1.54, 1.807) is 59.0 Å². The van der Waals surface area contributed by atoms with Crippen molar-refractivity contribution in [2.75, 3.05) is 59.7 Å². The second-order valence-electron chi connectivity index (χ2n) is 40.2. The lowest BCUT2D eigenvalue weighted by Gasteiger charge is -2.42. The highest BCUT2D eigenvalue weighted by Gasteiger charge is 2.55. The summed E-state index contributed by atoms with van der Waals surface area (Å²) in [4.78, 5) is 142. The van der Waals surface area contributed by atoms with E-state index in [9.17, 15) is 66.9 Å². The van der Waals surface area contributed by atoms with E-state index in [2.05, 4.69) is 75.2 Å². The first-order chi connectivity index (χ1) is 69.8. The molecule has 6 saturated carbocycles. The summed E-state index contributed by atoms with van der Waals surface area (Å²) < 4.78 is 51.1. The van der Waals surface area contributed by atoms with E-state index in [1.807, 2.05) is 107 Å². The highest BCUT2D eigenvalue weighted by atomic mass is 32.1. The van der Waals surface area contributed by atoms with Crippen LogP contribution in [0.5, 0.6) is 0 Å². The van der Waals surface area contributed by atoms with E-state index in [0.29, 0.717) is 89.4 Å². The number of amides is 10. The highest BCUT2D eigenvalue weighted by molar-refractivity contribution is 7.17. The number of thiophene rings is 1. The molecule has 0 saturated heterocycles. The van der Waals surface area contributed by atoms with Crippen molar-refractivity contribution in [2.24, 2.45) is 5.92 Å². The van der Waals surface area contributed by atoms with Gasteiger partial charge in [0.05, 0.1) is 145 Å². The number of carbonyl (C=O) groups is 10. The standard InChI is InChI=1S/C23H25N3O3.C22H26N4O3.C21H21F2N3O3.C21H23N3O4.C21H23N3O3S/c27-22-19-17(12-24-22)25-16-6-1-2-7-18(16)26(23(28)14-8-9-14)20(19)15-5-3-4-13-10-11-29-21(13)15;1-29-12-18(27)26-17-8-3-2-7-15(17)25-16-11-24-22(28)19(16)21(26)14-6-4-5-13-9-10-23-20(13)14;22-19(23)21(28)26-15-7-2-1-6-13(15)25-14-10-24-20(27)16(14)17(26)12-5-3-4-11-8-9-29-18(11)12;2*25-11-17(26)24-16-7-2-1-6-14(16)23-15-10-22-21(27)18(15)19(24)13-5-3-4-12-8-9-28-20(12)13/h3-5,10-11,14,16,18,20,25H,1-2,6-9,12H2,(H,24,27);4-6,9-10,15,17,21,23,25H,2-3,7-8,11-12H2,1H3,(H,24,28);3-5,8-9,13,15,17,19,25H,1-2,6-7,10H2,(H,24,27);2*3-5,8-9,14,16,19,23,25H,1-2,6-7,10-11H2,(H,22,27)/t16-,18-,20-;15-,17-,21-;13-,15-,17-;2*14-,16-,19-/m11111/s1. The molecule has 15 atom stereocenters. The molecule has 6 fully saturated rings. The maximum absolute atomic E-state index is 13.7. The minimum atomic E-state index is -3.15. The first-order valence-corrected chi connectivity index (χ1v) is 51.6. The van der Waals surface area contributed by atoms with Gasteiger partial charge in [-0.1, -0.05) is 155 Å². The molecule has 26 rings (SSSR count). The van der Waals surface area contributed by atoms with Gasteiger partial charge in [-0.15, -0.1) is 11.3 Å². The third kappa shape index (κ3) is 17.3. The Bertz CT molecular complexity index is 6570. The van der Waals surface area contributed by atoms with Gasteiger partial charge in [0.15, 0.2) is 0 Å². The molecule has 15 heterocycles. The average Bonchev–Trinajstić information content (AvgIpc) is 1.65.